The van der Waals surface area contributed by atoms with Gasteiger partial charge in [-0.1, -0.05) is 19.3 Å². The Morgan fingerprint density at radius 3 is 2.43 bits per heavy atom. The van der Waals surface area contributed by atoms with E-state index < -0.39 is 0 Å². The van der Waals surface area contributed by atoms with Crippen LogP contribution in [-0.4, -0.2) is 61.0 Å². The molecule has 0 aromatic heterocycles. The van der Waals surface area contributed by atoms with Gasteiger partial charge in [-0.2, -0.15) is 0 Å². The number of hydrogen-bond acceptors (Lipinski definition) is 3. The summed E-state index contributed by atoms with van der Waals surface area (Å²) in [5, 5.41) is 0. The average Bonchev–Trinajstić information content (AvgIpc) is 2.92. The van der Waals surface area contributed by atoms with E-state index in [1.807, 2.05) is 9.80 Å². The molecule has 1 spiro atoms. The number of amides is 2. The second-order valence-corrected chi connectivity index (χ2v) is 7.55. The minimum absolute atomic E-state index is 0.192. The molecule has 1 saturated carbocycles. The third-order valence-corrected chi connectivity index (χ3v) is 6.18. The second kappa shape index (κ2) is 7.20. The highest BCUT2D eigenvalue weighted by Gasteiger charge is 2.47. The van der Waals surface area contributed by atoms with Crippen molar-refractivity contribution in [1.82, 2.24) is 9.80 Å². The summed E-state index contributed by atoms with van der Waals surface area (Å²) in [5.74, 6) is 0.953. The lowest BCUT2D eigenvalue weighted by Gasteiger charge is -2.38. The first-order valence-electron chi connectivity index (χ1n) is 9.22. The fraction of sp³-hybridized carbons (Fsp3) is 0.889. The Hall–Kier alpha value is -1.10. The molecule has 1 aliphatic carbocycles. The first kappa shape index (κ1) is 16.7. The molecule has 5 nitrogen and oxygen atoms in total. The maximum Gasteiger partial charge on any atom is 0.222 e. The van der Waals surface area contributed by atoms with Crippen molar-refractivity contribution in [2.24, 2.45) is 11.3 Å². The standard InChI is InChI=1S/C18H30N2O3/c1-15(21)20-13-16(18(14-20)7-3-2-4-8-18)5-6-17(22)19-9-11-23-12-10-19/h16H,2-14H2,1H3. The zero-order valence-electron chi connectivity index (χ0n) is 14.4. The third kappa shape index (κ3) is 3.70. The molecule has 5 heteroatoms. The second-order valence-electron chi connectivity index (χ2n) is 7.55. The van der Waals surface area contributed by atoms with Crippen LogP contribution in [0.3, 0.4) is 0 Å². The quantitative estimate of drug-likeness (QED) is 0.799. The van der Waals surface area contributed by atoms with Gasteiger partial charge in [0.2, 0.25) is 11.8 Å². The Morgan fingerprint density at radius 2 is 1.78 bits per heavy atom. The SMILES string of the molecule is CC(=O)N1CC(CCC(=O)N2CCOCC2)C2(CCCCC2)C1. The molecular formula is C18H30N2O3. The summed E-state index contributed by atoms with van der Waals surface area (Å²) in [6.07, 6.45) is 7.89. The Labute approximate surface area is 139 Å². The molecule has 130 valence electrons. The molecule has 0 aromatic carbocycles. The Morgan fingerprint density at radius 1 is 1.09 bits per heavy atom. The summed E-state index contributed by atoms with van der Waals surface area (Å²) >= 11 is 0. The minimum Gasteiger partial charge on any atom is -0.378 e. The first-order chi connectivity index (χ1) is 11.1. The largest absolute Gasteiger partial charge is 0.378 e. The van der Waals surface area contributed by atoms with Crippen molar-refractivity contribution in [1.29, 1.82) is 0 Å². The maximum absolute atomic E-state index is 12.4. The smallest absolute Gasteiger partial charge is 0.222 e. The first-order valence-corrected chi connectivity index (χ1v) is 9.22. The number of likely N-dealkylation sites (tertiary alicyclic amines) is 1. The zero-order valence-corrected chi connectivity index (χ0v) is 14.4. The van der Waals surface area contributed by atoms with Crippen LogP contribution in [0, 0.1) is 11.3 Å². The molecule has 0 bridgehead atoms. The number of carbonyl (C=O) groups excluding carboxylic acids is 2. The number of ether oxygens (including phenoxy) is 1. The lowest BCUT2D eigenvalue weighted by atomic mass is 9.66. The number of hydrogen-bond donors (Lipinski definition) is 0. The normalized spacial score (nSPS) is 27.4. The van der Waals surface area contributed by atoms with Crippen LogP contribution in [0.1, 0.15) is 51.9 Å². The lowest BCUT2D eigenvalue weighted by Crippen LogP contribution is -2.41. The van der Waals surface area contributed by atoms with Gasteiger partial charge in [0.15, 0.2) is 0 Å². The van der Waals surface area contributed by atoms with Gasteiger partial charge in [0.05, 0.1) is 13.2 Å². The number of carbonyl (C=O) groups is 2. The lowest BCUT2D eigenvalue weighted by molar-refractivity contribution is -0.135. The highest BCUT2D eigenvalue weighted by molar-refractivity contribution is 5.76. The van der Waals surface area contributed by atoms with Crippen LogP contribution in [0.5, 0.6) is 0 Å². The molecule has 0 radical (unpaired) electrons. The van der Waals surface area contributed by atoms with Crippen LogP contribution in [0.25, 0.3) is 0 Å². The molecule has 23 heavy (non-hydrogen) atoms. The number of morpholine rings is 1. The summed E-state index contributed by atoms with van der Waals surface area (Å²) in [6.45, 7) is 6.24. The van der Waals surface area contributed by atoms with Crippen LogP contribution < -0.4 is 0 Å². The van der Waals surface area contributed by atoms with E-state index in [2.05, 4.69) is 0 Å². The summed E-state index contributed by atoms with van der Waals surface area (Å²) in [4.78, 5) is 28.2. The Kier molecular flexibility index (Phi) is 5.24. The molecule has 2 heterocycles. The van der Waals surface area contributed by atoms with Crippen molar-refractivity contribution in [3.63, 3.8) is 0 Å². The van der Waals surface area contributed by atoms with Crippen molar-refractivity contribution in [2.75, 3.05) is 39.4 Å². The molecule has 3 fully saturated rings. The van der Waals surface area contributed by atoms with Crippen LogP contribution >= 0.6 is 0 Å². The third-order valence-electron chi connectivity index (χ3n) is 6.18. The van der Waals surface area contributed by atoms with Crippen molar-refractivity contribution in [2.45, 2.75) is 51.9 Å². The van der Waals surface area contributed by atoms with Gasteiger partial charge in [-0.25, -0.2) is 0 Å². The molecule has 1 atom stereocenters. The van der Waals surface area contributed by atoms with E-state index in [0.717, 1.165) is 32.6 Å². The molecule has 3 rings (SSSR count). The van der Waals surface area contributed by atoms with Crippen LogP contribution in [0.2, 0.25) is 0 Å². The Balaban J connectivity index is 1.59. The maximum atomic E-state index is 12.4. The average molecular weight is 322 g/mol. The van der Waals surface area contributed by atoms with Crippen LogP contribution in [0.4, 0.5) is 0 Å². The van der Waals surface area contributed by atoms with E-state index >= 15 is 0 Å². The van der Waals surface area contributed by atoms with Gasteiger partial charge in [0.1, 0.15) is 0 Å². The highest BCUT2D eigenvalue weighted by atomic mass is 16.5. The predicted molar refractivity (Wildman–Crippen MR) is 87.9 cm³/mol. The molecule has 3 aliphatic rings. The van der Waals surface area contributed by atoms with Gasteiger partial charge in [-0.3, -0.25) is 9.59 Å². The van der Waals surface area contributed by atoms with Crippen molar-refractivity contribution in [3.8, 4) is 0 Å². The summed E-state index contributed by atoms with van der Waals surface area (Å²) in [6, 6.07) is 0. The van der Waals surface area contributed by atoms with Crippen molar-refractivity contribution in [3.05, 3.63) is 0 Å². The molecule has 0 aromatic rings. The zero-order chi connectivity index (χ0) is 16.3. The topological polar surface area (TPSA) is 49.9 Å². The Bertz CT molecular complexity index is 440. The summed E-state index contributed by atoms with van der Waals surface area (Å²) in [5.41, 5.74) is 0.287. The van der Waals surface area contributed by atoms with E-state index in [4.69, 9.17) is 4.74 Å². The van der Waals surface area contributed by atoms with Gasteiger partial charge in [0, 0.05) is 39.5 Å². The van der Waals surface area contributed by atoms with E-state index in [0.29, 0.717) is 25.6 Å². The number of nitrogens with zero attached hydrogens (tertiary/aromatic N) is 2. The van der Waals surface area contributed by atoms with E-state index in [9.17, 15) is 9.59 Å². The molecule has 0 N–H and O–H groups in total. The van der Waals surface area contributed by atoms with E-state index in [1.165, 1.54) is 32.1 Å². The molecular weight excluding hydrogens is 292 g/mol. The van der Waals surface area contributed by atoms with E-state index in [-0.39, 0.29) is 17.2 Å². The molecule has 2 saturated heterocycles. The highest BCUT2D eigenvalue weighted by Crippen LogP contribution is 2.49. The van der Waals surface area contributed by atoms with Gasteiger partial charge in [0.25, 0.3) is 0 Å². The van der Waals surface area contributed by atoms with Gasteiger partial charge in [-0.15, -0.1) is 0 Å². The molecule has 2 aliphatic heterocycles. The monoisotopic (exact) mass is 322 g/mol. The minimum atomic E-state index is 0.192. The number of rotatable bonds is 3. The van der Waals surface area contributed by atoms with Crippen LogP contribution in [-0.2, 0) is 14.3 Å². The molecule has 1 unspecified atom stereocenters. The summed E-state index contributed by atoms with van der Waals surface area (Å²) in [7, 11) is 0. The molecule has 2 amide bonds. The van der Waals surface area contributed by atoms with Gasteiger partial charge in [-0.05, 0) is 30.6 Å². The van der Waals surface area contributed by atoms with Gasteiger partial charge < -0.3 is 14.5 Å². The van der Waals surface area contributed by atoms with E-state index in [1.54, 1.807) is 6.92 Å². The summed E-state index contributed by atoms with van der Waals surface area (Å²) < 4.78 is 5.32. The van der Waals surface area contributed by atoms with Gasteiger partial charge >= 0.3 is 0 Å². The van der Waals surface area contributed by atoms with Crippen LogP contribution in [0.15, 0.2) is 0 Å². The van der Waals surface area contributed by atoms with Crippen molar-refractivity contribution >= 4 is 11.8 Å². The fourth-order valence-electron chi connectivity index (χ4n) is 4.76. The fourth-order valence-corrected chi connectivity index (χ4v) is 4.76. The van der Waals surface area contributed by atoms with Crippen molar-refractivity contribution < 1.29 is 14.3 Å². The predicted octanol–water partition coefficient (Wildman–Crippen LogP) is 2.05.